The van der Waals surface area contributed by atoms with E-state index < -0.39 is 22.9 Å². The highest BCUT2D eigenvalue weighted by Crippen LogP contribution is 2.25. The van der Waals surface area contributed by atoms with Crippen LogP contribution in [-0.2, 0) is 0 Å². The standard InChI is InChI=1S/C17H16N2O7/c20-11(10-26-15-8-4-3-7-14(15)19(24)25)9-18-16(21)12-5-1-2-6-13(12)17(22)23/h1-8,11,20H,9-10H2,(H,18,21)(H,22,23). The topological polar surface area (TPSA) is 139 Å². The number of nitrogens with one attached hydrogen (secondary N) is 1. The number of nitrogens with zero attached hydrogens (tertiary/aromatic N) is 1. The first kappa shape index (κ1) is 18.9. The highest BCUT2D eigenvalue weighted by Gasteiger charge is 2.18. The van der Waals surface area contributed by atoms with Gasteiger partial charge in [0.05, 0.1) is 16.1 Å². The van der Waals surface area contributed by atoms with Crippen LogP contribution >= 0.6 is 0 Å². The number of amides is 1. The molecule has 2 aromatic carbocycles. The molecule has 2 aromatic rings. The fourth-order valence-corrected chi connectivity index (χ4v) is 2.15. The molecule has 1 atom stereocenters. The van der Waals surface area contributed by atoms with E-state index in [2.05, 4.69) is 5.32 Å². The van der Waals surface area contributed by atoms with Gasteiger partial charge in [-0.05, 0) is 18.2 Å². The molecule has 0 aliphatic carbocycles. The highest BCUT2D eigenvalue weighted by molar-refractivity contribution is 6.04. The minimum absolute atomic E-state index is 0.000834. The van der Waals surface area contributed by atoms with Gasteiger partial charge in [-0.1, -0.05) is 24.3 Å². The minimum atomic E-state index is -1.24. The Kier molecular flexibility index (Phi) is 6.23. The van der Waals surface area contributed by atoms with Crippen molar-refractivity contribution in [3.63, 3.8) is 0 Å². The van der Waals surface area contributed by atoms with E-state index in [0.717, 1.165) is 0 Å². The van der Waals surface area contributed by atoms with Gasteiger partial charge < -0.3 is 20.3 Å². The number of benzene rings is 2. The van der Waals surface area contributed by atoms with Crippen molar-refractivity contribution < 1.29 is 29.5 Å². The first-order chi connectivity index (χ1) is 12.4. The molecule has 136 valence electrons. The van der Waals surface area contributed by atoms with Crippen LogP contribution in [0, 0.1) is 10.1 Å². The van der Waals surface area contributed by atoms with Gasteiger partial charge in [-0.25, -0.2) is 4.79 Å². The molecule has 26 heavy (non-hydrogen) atoms. The fraction of sp³-hybridized carbons (Fsp3) is 0.176. The Balaban J connectivity index is 1.92. The second-order valence-corrected chi connectivity index (χ2v) is 5.25. The van der Waals surface area contributed by atoms with Gasteiger partial charge in [0.2, 0.25) is 0 Å². The number of carboxylic acid groups (broad SMARTS) is 1. The third kappa shape index (κ3) is 4.77. The van der Waals surface area contributed by atoms with Gasteiger partial charge in [0.1, 0.15) is 12.7 Å². The molecule has 0 bridgehead atoms. The number of nitro groups is 1. The van der Waals surface area contributed by atoms with E-state index in [1.807, 2.05) is 0 Å². The molecule has 0 aliphatic rings. The zero-order valence-corrected chi connectivity index (χ0v) is 13.5. The number of carboxylic acids is 1. The van der Waals surface area contributed by atoms with E-state index in [1.165, 1.54) is 42.5 Å². The number of para-hydroxylation sites is 2. The van der Waals surface area contributed by atoms with Crippen LogP contribution in [0.15, 0.2) is 48.5 Å². The molecule has 0 saturated heterocycles. The molecule has 1 amide bonds. The summed E-state index contributed by atoms with van der Waals surface area (Å²) in [5.41, 5.74) is -0.429. The van der Waals surface area contributed by atoms with Gasteiger partial charge in [-0.15, -0.1) is 0 Å². The first-order valence-electron chi connectivity index (χ1n) is 7.55. The highest BCUT2D eigenvalue weighted by atomic mass is 16.6. The lowest BCUT2D eigenvalue weighted by atomic mass is 10.1. The van der Waals surface area contributed by atoms with Crippen LogP contribution in [0.2, 0.25) is 0 Å². The summed E-state index contributed by atoms with van der Waals surface area (Å²) >= 11 is 0. The zero-order valence-electron chi connectivity index (χ0n) is 13.5. The maximum Gasteiger partial charge on any atom is 0.336 e. The van der Waals surface area contributed by atoms with Gasteiger partial charge in [0.15, 0.2) is 5.75 Å². The number of nitro benzene ring substituents is 1. The molecule has 9 heteroatoms. The van der Waals surface area contributed by atoms with E-state index in [9.17, 15) is 24.8 Å². The van der Waals surface area contributed by atoms with Crippen molar-refractivity contribution in [3.05, 3.63) is 69.8 Å². The molecule has 1 unspecified atom stereocenters. The molecule has 0 saturated carbocycles. The van der Waals surface area contributed by atoms with Gasteiger partial charge in [0.25, 0.3) is 5.91 Å². The third-order valence-corrected chi connectivity index (χ3v) is 3.39. The van der Waals surface area contributed by atoms with Gasteiger partial charge in [-0.3, -0.25) is 14.9 Å². The van der Waals surface area contributed by atoms with Crippen LogP contribution in [0.3, 0.4) is 0 Å². The maximum absolute atomic E-state index is 12.1. The zero-order chi connectivity index (χ0) is 19.1. The molecule has 0 aliphatic heterocycles. The van der Waals surface area contributed by atoms with E-state index >= 15 is 0 Å². The lowest BCUT2D eigenvalue weighted by Gasteiger charge is -2.14. The molecule has 0 aromatic heterocycles. The van der Waals surface area contributed by atoms with Crippen molar-refractivity contribution in [1.29, 1.82) is 0 Å². The van der Waals surface area contributed by atoms with Crippen molar-refractivity contribution in [2.24, 2.45) is 0 Å². The second-order valence-electron chi connectivity index (χ2n) is 5.25. The Morgan fingerprint density at radius 2 is 1.73 bits per heavy atom. The summed E-state index contributed by atoms with van der Waals surface area (Å²) < 4.78 is 5.22. The molecule has 0 spiro atoms. The number of carbonyl (C=O) groups is 2. The molecule has 0 radical (unpaired) electrons. The summed E-state index contributed by atoms with van der Waals surface area (Å²) in [5, 5.41) is 32.2. The quantitative estimate of drug-likeness (QED) is 0.478. The van der Waals surface area contributed by atoms with Crippen molar-refractivity contribution in [3.8, 4) is 5.75 Å². The second kappa shape index (κ2) is 8.58. The van der Waals surface area contributed by atoms with Crippen molar-refractivity contribution >= 4 is 17.6 Å². The average molecular weight is 360 g/mol. The maximum atomic E-state index is 12.1. The minimum Gasteiger partial charge on any atom is -0.484 e. The summed E-state index contributed by atoms with van der Waals surface area (Å²) in [6.45, 7) is -0.501. The average Bonchev–Trinajstić information content (AvgIpc) is 2.64. The summed E-state index contributed by atoms with van der Waals surface area (Å²) in [5.74, 6) is -1.90. The largest absolute Gasteiger partial charge is 0.484 e. The third-order valence-electron chi connectivity index (χ3n) is 3.39. The smallest absolute Gasteiger partial charge is 0.336 e. The molecule has 0 heterocycles. The van der Waals surface area contributed by atoms with Gasteiger partial charge >= 0.3 is 11.7 Å². The number of rotatable bonds is 8. The number of aliphatic hydroxyl groups excluding tert-OH is 1. The van der Waals surface area contributed by atoms with Crippen LogP contribution in [-0.4, -0.2) is 46.3 Å². The molecule has 9 nitrogen and oxygen atoms in total. The van der Waals surface area contributed by atoms with Crippen LogP contribution < -0.4 is 10.1 Å². The summed E-state index contributed by atoms with van der Waals surface area (Å²) in [7, 11) is 0. The lowest BCUT2D eigenvalue weighted by molar-refractivity contribution is -0.385. The SMILES string of the molecule is O=C(O)c1ccccc1C(=O)NCC(O)COc1ccccc1[N+](=O)[O-]. The first-order valence-corrected chi connectivity index (χ1v) is 7.55. The van der Waals surface area contributed by atoms with Crippen molar-refractivity contribution in [1.82, 2.24) is 5.32 Å². The summed E-state index contributed by atoms with van der Waals surface area (Å²) in [6, 6.07) is 11.4. The van der Waals surface area contributed by atoms with Crippen molar-refractivity contribution in [2.75, 3.05) is 13.2 Å². The molecule has 0 fully saturated rings. The van der Waals surface area contributed by atoms with E-state index in [1.54, 1.807) is 6.07 Å². The van der Waals surface area contributed by atoms with E-state index in [0.29, 0.717) is 0 Å². The van der Waals surface area contributed by atoms with Crippen LogP contribution in [0.5, 0.6) is 5.75 Å². The van der Waals surface area contributed by atoms with E-state index in [-0.39, 0.29) is 35.7 Å². The molecular formula is C17H16N2O7. The predicted octanol–water partition coefficient (Wildman–Crippen LogP) is 1.46. The van der Waals surface area contributed by atoms with E-state index in [4.69, 9.17) is 9.84 Å². The van der Waals surface area contributed by atoms with Crippen LogP contribution in [0.4, 0.5) is 5.69 Å². The summed E-state index contributed by atoms with van der Waals surface area (Å²) in [4.78, 5) is 33.5. The van der Waals surface area contributed by atoms with Crippen LogP contribution in [0.25, 0.3) is 0 Å². The Morgan fingerprint density at radius 3 is 2.38 bits per heavy atom. The molecule has 3 N–H and O–H groups in total. The number of carbonyl (C=O) groups excluding carboxylic acids is 1. The summed E-state index contributed by atoms with van der Waals surface area (Å²) in [6.07, 6.45) is -1.14. The number of aromatic carboxylic acids is 1. The predicted molar refractivity (Wildman–Crippen MR) is 90.3 cm³/mol. The van der Waals surface area contributed by atoms with Crippen molar-refractivity contribution in [2.45, 2.75) is 6.10 Å². The fourth-order valence-electron chi connectivity index (χ4n) is 2.15. The molecular weight excluding hydrogens is 344 g/mol. The number of hydrogen-bond acceptors (Lipinski definition) is 6. The molecule has 2 rings (SSSR count). The Hall–Kier alpha value is -3.46. The van der Waals surface area contributed by atoms with Crippen LogP contribution in [0.1, 0.15) is 20.7 Å². The number of ether oxygens (including phenoxy) is 1. The van der Waals surface area contributed by atoms with Gasteiger partial charge in [-0.2, -0.15) is 0 Å². The lowest BCUT2D eigenvalue weighted by Crippen LogP contribution is -2.36. The number of aliphatic hydroxyl groups is 1. The Bertz CT molecular complexity index is 822. The normalized spacial score (nSPS) is 11.4. The Morgan fingerprint density at radius 1 is 1.12 bits per heavy atom. The van der Waals surface area contributed by atoms with Gasteiger partial charge in [0, 0.05) is 12.6 Å². The monoisotopic (exact) mass is 360 g/mol. The Labute approximate surface area is 148 Å². The number of hydrogen-bond donors (Lipinski definition) is 3.